The maximum Gasteiger partial charge on any atom is 0.307 e. The van der Waals surface area contributed by atoms with Crippen molar-refractivity contribution in [2.45, 2.75) is 32.7 Å². The predicted molar refractivity (Wildman–Crippen MR) is 109 cm³/mol. The molecule has 2 aromatic rings. The number of fused-ring (bicyclic) bond motifs is 2. The van der Waals surface area contributed by atoms with Gasteiger partial charge >= 0.3 is 5.97 Å². The summed E-state index contributed by atoms with van der Waals surface area (Å²) < 4.78 is 18.8. The number of carbonyl (C=O) groups is 4. The Bertz CT molecular complexity index is 1120. The number of hydrogen-bond donors (Lipinski definition) is 0. The van der Waals surface area contributed by atoms with E-state index in [1.165, 1.54) is 11.3 Å². The zero-order valence-electron chi connectivity index (χ0n) is 16.9. The van der Waals surface area contributed by atoms with Crippen LogP contribution in [0.15, 0.2) is 17.1 Å². The van der Waals surface area contributed by atoms with Gasteiger partial charge in [0.2, 0.25) is 11.8 Å². The van der Waals surface area contributed by atoms with Gasteiger partial charge in [-0.1, -0.05) is 11.3 Å². The van der Waals surface area contributed by atoms with Crippen molar-refractivity contribution >= 4 is 45.2 Å². The predicted octanol–water partition coefficient (Wildman–Crippen LogP) is 1.00. The fourth-order valence-corrected chi connectivity index (χ4v) is 4.50. The average Bonchev–Trinajstić information content (AvgIpc) is 3.24. The number of hydrogen-bond acceptors (Lipinski definition) is 8. The smallest absolute Gasteiger partial charge is 0.307 e. The van der Waals surface area contributed by atoms with Gasteiger partial charge in [-0.3, -0.25) is 24.1 Å². The fourth-order valence-electron chi connectivity index (χ4n) is 3.42. The molecule has 2 aliphatic rings. The molecule has 0 radical (unpaired) electrons. The van der Waals surface area contributed by atoms with E-state index >= 15 is 0 Å². The first-order chi connectivity index (χ1) is 15.0. The fraction of sp³-hybridized carbons (Fsp3) is 0.450. The zero-order chi connectivity index (χ0) is 22.0. The van der Waals surface area contributed by atoms with E-state index in [0.29, 0.717) is 29.5 Å². The summed E-state index contributed by atoms with van der Waals surface area (Å²) in [6.07, 6.45) is 0.318. The lowest BCUT2D eigenvalue weighted by Crippen LogP contribution is -2.34. The van der Waals surface area contributed by atoms with Crippen LogP contribution in [0.25, 0.3) is 10.2 Å². The molecule has 0 saturated carbocycles. The van der Waals surface area contributed by atoms with Crippen LogP contribution < -0.4 is 14.3 Å². The van der Waals surface area contributed by atoms with Crippen LogP contribution in [0.2, 0.25) is 0 Å². The Morgan fingerprint density at radius 1 is 1.13 bits per heavy atom. The highest BCUT2D eigenvalue weighted by molar-refractivity contribution is 7.16. The zero-order valence-corrected chi connectivity index (χ0v) is 17.7. The highest BCUT2D eigenvalue weighted by Crippen LogP contribution is 2.35. The van der Waals surface area contributed by atoms with Crippen molar-refractivity contribution in [2.24, 2.45) is 4.99 Å². The first-order valence-corrected chi connectivity index (χ1v) is 10.8. The Morgan fingerprint density at radius 2 is 1.81 bits per heavy atom. The summed E-state index contributed by atoms with van der Waals surface area (Å²) in [7, 11) is 0. The van der Waals surface area contributed by atoms with E-state index in [0.717, 1.165) is 15.1 Å². The van der Waals surface area contributed by atoms with Crippen molar-refractivity contribution in [1.29, 1.82) is 0 Å². The number of esters is 1. The van der Waals surface area contributed by atoms with Gasteiger partial charge < -0.3 is 18.8 Å². The highest BCUT2D eigenvalue weighted by atomic mass is 32.1. The third-order valence-electron chi connectivity index (χ3n) is 4.86. The Balaban J connectivity index is 1.69. The first kappa shape index (κ1) is 21.0. The minimum atomic E-state index is -0.614. The molecule has 4 rings (SSSR count). The molecule has 0 N–H and O–H groups in total. The first-order valence-electron chi connectivity index (χ1n) is 9.95. The number of nitrogens with zero attached hydrogens (tertiary/aromatic N) is 3. The number of likely N-dealkylation sites (tertiary alicyclic amines) is 1. The molecule has 0 atom stereocenters. The maximum atomic E-state index is 12.5. The molecule has 0 unspecified atom stereocenters. The molecule has 164 valence electrons. The van der Waals surface area contributed by atoms with E-state index in [-0.39, 0.29) is 50.2 Å². The summed E-state index contributed by atoms with van der Waals surface area (Å²) in [5, 5.41) is 0. The van der Waals surface area contributed by atoms with Crippen molar-refractivity contribution in [3.05, 3.63) is 16.9 Å². The van der Waals surface area contributed by atoms with Crippen molar-refractivity contribution in [2.75, 3.05) is 26.4 Å². The number of rotatable bonds is 6. The second-order valence-corrected chi connectivity index (χ2v) is 7.94. The van der Waals surface area contributed by atoms with E-state index in [9.17, 15) is 19.2 Å². The van der Waals surface area contributed by atoms with Crippen LogP contribution >= 0.6 is 11.3 Å². The molecular weight excluding hydrogens is 426 g/mol. The van der Waals surface area contributed by atoms with Crippen molar-refractivity contribution in [1.82, 2.24) is 9.47 Å². The molecule has 0 aliphatic carbocycles. The number of amides is 3. The Hall–Kier alpha value is -3.21. The monoisotopic (exact) mass is 447 g/mol. The van der Waals surface area contributed by atoms with E-state index < -0.39 is 12.5 Å². The van der Waals surface area contributed by atoms with E-state index in [1.54, 1.807) is 17.6 Å². The topological polar surface area (TPSA) is 116 Å². The molecule has 31 heavy (non-hydrogen) atoms. The van der Waals surface area contributed by atoms with Gasteiger partial charge in [-0.05, 0) is 6.92 Å². The van der Waals surface area contributed by atoms with Crippen LogP contribution in [0.3, 0.4) is 0 Å². The molecule has 0 spiro atoms. The van der Waals surface area contributed by atoms with Crippen LogP contribution in [0.5, 0.6) is 11.5 Å². The summed E-state index contributed by atoms with van der Waals surface area (Å²) >= 11 is 1.25. The minimum Gasteiger partial charge on any atom is -0.486 e. The summed E-state index contributed by atoms with van der Waals surface area (Å²) in [6, 6.07) is 3.61. The van der Waals surface area contributed by atoms with Crippen LogP contribution in [0.4, 0.5) is 0 Å². The maximum absolute atomic E-state index is 12.5. The van der Waals surface area contributed by atoms with Gasteiger partial charge in [-0.15, -0.1) is 0 Å². The van der Waals surface area contributed by atoms with E-state index in [2.05, 4.69) is 4.99 Å². The van der Waals surface area contributed by atoms with Gasteiger partial charge in [0.25, 0.3) is 5.91 Å². The van der Waals surface area contributed by atoms with Gasteiger partial charge in [0.05, 0.1) is 23.2 Å². The Morgan fingerprint density at radius 3 is 2.48 bits per heavy atom. The van der Waals surface area contributed by atoms with Crippen LogP contribution in [0, 0.1) is 0 Å². The van der Waals surface area contributed by atoms with E-state index in [1.807, 2.05) is 6.07 Å². The molecule has 1 aromatic heterocycles. The molecule has 2 aliphatic heterocycles. The molecule has 0 bridgehead atoms. The summed E-state index contributed by atoms with van der Waals surface area (Å²) in [5.74, 6) is -0.546. The lowest BCUT2D eigenvalue weighted by Gasteiger charge is -2.18. The van der Waals surface area contributed by atoms with Crippen LogP contribution in [0.1, 0.15) is 26.2 Å². The Labute approximate surface area is 181 Å². The van der Waals surface area contributed by atoms with Gasteiger partial charge in [0.1, 0.15) is 19.8 Å². The van der Waals surface area contributed by atoms with E-state index in [4.69, 9.17) is 14.2 Å². The highest BCUT2D eigenvalue weighted by Gasteiger charge is 2.30. The summed E-state index contributed by atoms with van der Waals surface area (Å²) in [4.78, 5) is 53.4. The number of aromatic nitrogens is 1. The molecule has 3 heterocycles. The number of thiazole rings is 1. The van der Waals surface area contributed by atoms with Crippen molar-refractivity contribution in [3.8, 4) is 11.5 Å². The summed E-state index contributed by atoms with van der Waals surface area (Å²) in [6.45, 7) is 2.73. The van der Waals surface area contributed by atoms with Gasteiger partial charge in [0, 0.05) is 31.5 Å². The molecule has 1 fully saturated rings. The molecule has 3 amide bonds. The Kier molecular flexibility index (Phi) is 6.03. The quantitative estimate of drug-likeness (QED) is 0.479. The lowest BCUT2D eigenvalue weighted by atomic mass is 10.2. The number of imide groups is 1. The number of ether oxygens (including phenoxy) is 3. The minimum absolute atomic E-state index is 0.0958. The third-order valence-corrected chi connectivity index (χ3v) is 5.90. The SMILES string of the molecule is CCOC(=O)CCn1c(=NC(=O)CN2C(=O)CCC2=O)sc2cc3c(cc21)OCCO3. The lowest BCUT2D eigenvalue weighted by molar-refractivity contribution is -0.143. The van der Waals surface area contributed by atoms with Gasteiger partial charge in [-0.25, -0.2) is 0 Å². The van der Waals surface area contributed by atoms with Crippen LogP contribution in [-0.2, 0) is 30.5 Å². The number of aryl methyl sites for hydroxylation is 1. The molecule has 11 heteroatoms. The second-order valence-electron chi connectivity index (χ2n) is 6.93. The molecule has 10 nitrogen and oxygen atoms in total. The van der Waals surface area contributed by atoms with Crippen molar-refractivity contribution < 1.29 is 33.4 Å². The average molecular weight is 447 g/mol. The second kappa shape index (κ2) is 8.88. The third kappa shape index (κ3) is 4.46. The van der Waals surface area contributed by atoms with Crippen molar-refractivity contribution in [3.63, 3.8) is 0 Å². The standard InChI is InChI=1S/C20H21N3O7S/c1-2-28-19(27)5-6-22-12-9-13-14(30-8-7-29-13)10-15(12)31-20(22)21-16(24)11-23-17(25)3-4-18(23)26/h9-10H,2-8,11H2,1H3. The number of benzene rings is 1. The molecular formula is C20H21N3O7S. The van der Waals surface area contributed by atoms with Gasteiger partial charge in [-0.2, -0.15) is 4.99 Å². The summed E-state index contributed by atoms with van der Waals surface area (Å²) in [5.41, 5.74) is 0.735. The molecule has 1 saturated heterocycles. The van der Waals surface area contributed by atoms with Crippen LogP contribution in [-0.4, -0.2) is 59.5 Å². The molecule has 1 aromatic carbocycles. The number of carbonyl (C=O) groups excluding carboxylic acids is 4. The normalized spacial score (nSPS) is 16.3. The van der Waals surface area contributed by atoms with Gasteiger partial charge in [0.15, 0.2) is 16.3 Å². The largest absolute Gasteiger partial charge is 0.486 e.